The largest absolute Gasteiger partial charge is 0.0826 e. The summed E-state index contributed by atoms with van der Waals surface area (Å²) >= 11 is 0. The molecular formula is C18H16. The maximum atomic E-state index is 4.08. The molecule has 0 N–H and O–H groups in total. The zero-order chi connectivity index (χ0) is 12.8. The Morgan fingerprint density at radius 3 is 2.39 bits per heavy atom. The maximum absolute atomic E-state index is 4.08. The monoisotopic (exact) mass is 232 g/mol. The van der Waals surface area contributed by atoms with Gasteiger partial charge >= 0.3 is 0 Å². The first-order valence-electron chi connectivity index (χ1n) is 6.15. The van der Waals surface area contributed by atoms with Crippen molar-refractivity contribution in [2.24, 2.45) is 0 Å². The molecule has 88 valence electrons. The van der Waals surface area contributed by atoms with Gasteiger partial charge in [0.25, 0.3) is 0 Å². The molecule has 0 fully saturated rings. The van der Waals surface area contributed by atoms with Gasteiger partial charge in [0.1, 0.15) is 0 Å². The smallest absolute Gasteiger partial charge is 0.0252 e. The number of hydrogen-bond donors (Lipinski definition) is 0. The van der Waals surface area contributed by atoms with E-state index in [0.29, 0.717) is 0 Å². The Kier molecular flexibility index (Phi) is 3.99. The van der Waals surface area contributed by atoms with Gasteiger partial charge in [0.15, 0.2) is 0 Å². The van der Waals surface area contributed by atoms with Crippen molar-refractivity contribution in [2.75, 3.05) is 0 Å². The summed E-state index contributed by atoms with van der Waals surface area (Å²) in [5, 5.41) is 0. The number of rotatable bonds is 2. The lowest BCUT2D eigenvalue weighted by Crippen LogP contribution is -1.89. The number of aryl methyl sites for hydroxylation is 1. The van der Waals surface area contributed by atoms with Crippen molar-refractivity contribution in [3.8, 4) is 11.8 Å². The van der Waals surface area contributed by atoms with Crippen LogP contribution in [0, 0.1) is 11.8 Å². The Hall–Kier alpha value is -2.26. The molecule has 0 atom stereocenters. The summed E-state index contributed by atoms with van der Waals surface area (Å²) < 4.78 is 0. The minimum atomic E-state index is 0.885. The molecule has 0 heteroatoms. The van der Waals surface area contributed by atoms with E-state index < -0.39 is 0 Å². The van der Waals surface area contributed by atoms with E-state index in [1.807, 2.05) is 36.4 Å². The quantitative estimate of drug-likeness (QED) is 0.677. The third-order valence-electron chi connectivity index (χ3n) is 2.85. The van der Waals surface area contributed by atoms with E-state index in [2.05, 4.69) is 43.5 Å². The third-order valence-corrected chi connectivity index (χ3v) is 2.85. The van der Waals surface area contributed by atoms with E-state index in [9.17, 15) is 0 Å². The molecule has 0 saturated heterocycles. The Morgan fingerprint density at radius 1 is 1.00 bits per heavy atom. The second kappa shape index (κ2) is 5.89. The molecular weight excluding hydrogens is 216 g/mol. The zero-order valence-corrected chi connectivity index (χ0v) is 10.6. The summed E-state index contributed by atoms with van der Waals surface area (Å²) in [5.74, 6) is 6.29. The van der Waals surface area contributed by atoms with E-state index in [1.165, 1.54) is 5.56 Å². The summed E-state index contributed by atoms with van der Waals surface area (Å²) in [6.07, 6.45) is 1.00. The van der Waals surface area contributed by atoms with Crippen molar-refractivity contribution in [1.29, 1.82) is 0 Å². The van der Waals surface area contributed by atoms with E-state index in [0.717, 1.165) is 23.1 Å². The van der Waals surface area contributed by atoms with Crippen molar-refractivity contribution in [2.45, 2.75) is 13.3 Å². The lowest BCUT2D eigenvalue weighted by molar-refractivity contribution is 1.13. The van der Waals surface area contributed by atoms with Crippen molar-refractivity contribution in [1.82, 2.24) is 0 Å². The fourth-order valence-electron chi connectivity index (χ4n) is 1.86. The Labute approximate surface area is 109 Å². The average Bonchev–Trinajstić information content (AvgIpc) is 2.45. The highest BCUT2D eigenvalue weighted by molar-refractivity contribution is 5.79. The Balaban J connectivity index is 2.26. The maximum Gasteiger partial charge on any atom is 0.0252 e. The fourth-order valence-corrected chi connectivity index (χ4v) is 1.86. The van der Waals surface area contributed by atoms with Crippen LogP contribution in [-0.2, 0) is 6.42 Å². The third kappa shape index (κ3) is 2.90. The van der Waals surface area contributed by atoms with Gasteiger partial charge in [0.05, 0.1) is 0 Å². The molecule has 0 aliphatic heterocycles. The van der Waals surface area contributed by atoms with Crippen LogP contribution in [0.3, 0.4) is 0 Å². The molecule has 0 bridgehead atoms. The molecule has 0 unspecified atom stereocenters. The predicted octanol–water partition coefficient (Wildman–Crippen LogP) is 4.31. The summed E-state index contributed by atoms with van der Waals surface area (Å²) in [4.78, 5) is 0. The van der Waals surface area contributed by atoms with Gasteiger partial charge < -0.3 is 0 Å². The van der Waals surface area contributed by atoms with Gasteiger partial charge in [-0.3, -0.25) is 0 Å². The number of allylic oxidation sites excluding steroid dienone is 1. The molecule has 0 amide bonds. The van der Waals surface area contributed by atoms with Gasteiger partial charge in [0, 0.05) is 11.1 Å². The lowest BCUT2D eigenvalue weighted by atomic mass is 9.99. The summed E-state index contributed by atoms with van der Waals surface area (Å²) in [7, 11) is 0. The highest BCUT2D eigenvalue weighted by atomic mass is 14.0. The molecule has 0 aromatic heterocycles. The van der Waals surface area contributed by atoms with E-state index >= 15 is 0 Å². The van der Waals surface area contributed by atoms with E-state index in [4.69, 9.17) is 0 Å². The molecule has 0 aliphatic carbocycles. The Bertz CT molecular complexity index is 595. The standard InChI is InChI=1S/C18H16/c1-3-17-11-7-8-12-18(17)15(2)13-14-16-9-5-4-6-10-16/h4-12H,2-3H2,1H3. The van der Waals surface area contributed by atoms with Crippen LogP contribution in [0.5, 0.6) is 0 Å². The second-order valence-electron chi connectivity index (χ2n) is 4.11. The fraction of sp³-hybridized carbons (Fsp3) is 0.111. The van der Waals surface area contributed by atoms with Gasteiger partial charge in [-0.2, -0.15) is 0 Å². The molecule has 2 rings (SSSR count). The SMILES string of the molecule is C=C(C#Cc1ccccc1)c1ccccc1CC. The lowest BCUT2D eigenvalue weighted by Gasteiger charge is -2.05. The van der Waals surface area contributed by atoms with Gasteiger partial charge in [-0.15, -0.1) is 0 Å². The molecule has 0 nitrogen and oxygen atoms in total. The van der Waals surface area contributed by atoms with Crippen LogP contribution in [0.1, 0.15) is 23.6 Å². The highest BCUT2D eigenvalue weighted by Crippen LogP contribution is 2.17. The molecule has 0 heterocycles. The minimum absolute atomic E-state index is 0.885. The van der Waals surface area contributed by atoms with Gasteiger partial charge in [-0.25, -0.2) is 0 Å². The topological polar surface area (TPSA) is 0 Å². The Morgan fingerprint density at radius 2 is 1.67 bits per heavy atom. The van der Waals surface area contributed by atoms with Gasteiger partial charge in [-0.05, 0) is 29.7 Å². The molecule has 0 radical (unpaired) electrons. The van der Waals surface area contributed by atoms with Crippen LogP contribution in [0.15, 0.2) is 61.2 Å². The van der Waals surface area contributed by atoms with Crippen LogP contribution in [0.2, 0.25) is 0 Å². The van der Waals surface area contributed by atoms with Crippen molar-refractivity contribution < 1.29 is 0 Å². The van der Waals surface area contributed by atoms with Crippen LogP contribution in [0.4, 0.5) is 0 Å². The first-order valence-corrected chi connectivity index (χ1v) is 6.15. The normalized spacial score (nSPS) is 9.39. The van der Waals surface area contributed by atoms with Gasteiger partial charge in [-0.1, -0.05) is 67.8 Å². The molecule has 0 saturated carbocycles. The van der Waals surface area contributed by atoms with Crippen molar-refractivity contribution in [3.05, 3.63) is 77.9 Å². The average molecular weight is 232 g/mol. The zero-order valence-electron chi connectivity index (χ0n) is 10.6. The highest BCUT2D eigenvalue weighted by Gasteiger charge is 2.00. The first kappa shape index (κ1) is 12.2. The second-order valence-corrected chi connectivity index (χ2v) is 4.11. The van der Waals surface area contributed by atoms with Crippen LogP contribution in [0.25, 0.3) is 5.57 Å². The van der Waals surface area contributed by atoms with E-state index in [1.54, 1.807) is 0 Å². The van der Waals surface area contributed by atoms with E-state index in [-0.39, 0.29) is 0 Å². The summed E-state index contributed by atoms with van der Waals surface area (Å²) in [6.45, 7) is 6.22. The van der Waals surface area contributed by atoms with Crippen LogP contribution in [-0.4, -0.2) is 0 Å². The molecule has 2 aromatic carbocycles. The number of benzene rings is 2. The number of hydrogen-bond acceptors (Lipinski definition) is 0. The van der Waals surface area contributed by atoms with Crippen LogP contribution >= 0.6 is 0 Å². The summed E-state index contributed by atoms with van der Waals surface area (Å²) in [5.41, 5.74) is 4.36. The first-order chi connectivity index (χ1) is 8.81. The molecule has 0 spiro atoms. The molecule has 0 aliphatic rings. The van der Waals surface area contributed by atoms with Crippen molar-refractivity contribution >= 4 is 5.57 Å². The molecule has 2 aromatic rings. The summed E-state index contributed by atoms with van der Waals surface area (Å²) in [6, 6.07) is 18.3. The molecule has 18 heavy (non-hydrogen) atoms. The van der Waals surface area contributed by atoms with Crippen molar-refractivity contribution in [3.63, 3.8) is 0 Å². The van der Waals surface area contributed by atoms with Gasteiger partial charge in [0.2, 0.25) is 0 Å². The predicted molar refractivity (Wildman–Crippen MR) is 78.2 cm³/mol. The van der Waals surface area contributed by atoms with Crippen LogP contribution < -0.4 is 0 Å². The minimum Gasteiger partial charge on any atom is -0.0826 e.